The second-order valence-electron chi connectivity index (χ2n) is 8.09. The van der Waals surface area contributed by atoms with Gasteiger partial charge in [-0.15, -0.1) is 10.2 Å². The predicted octanol–water partition coefficient (Wildman–Crippen LogP) is 2.98. The van der Waals surface area contributed by atoms with E-state index in [9.17, 15) is 4.79 Å². The fourth-order valence-corrected chi connectivity index (χ4v) is 5.47. The molecule has 0 unspecified atom stereocenters. The van der Waals surface area contributed by atoms with Gasteiger partial charge in [0.1, 0.15) is 5.65 Å². The third-order valence-electron chi connectivity index (χ3n) is 6.18. The fraction of sp³-hybridized carbons (Fsp3) is 0.524. The Bertz CT molecular complexity index is 1060. The smallest absolute Gasteiger partial charge is 0.257 e. The highest BCUT2D eigenvalue weighted by Crippen LogP contribution is 2.32. The largest absolute Gasteiger partial charge is 0.347 e. The minimum absolute atomic E-state index is 0.0792. The van der Waals surface area contributed by atoms with Gasteiger partial charge in [-0.2, -0.15) is 0 Å². The lowest BCUT2D eigenvalue weighted by atomic mass is 10.0. The topological polar surface area (TPSA) is 66.6 Å². The van der Waals surface area contributed by atoms with Crippen molar-refractivity contribution < 1.29 is 0 Å². The molecule has 2 aliphatic rings. The maximum absolute atomic E-state index is 12.2. The number of pyridine rings is 1. The molecule has 0 saturated carbocycles. The summed E-state index contributed by atoms with van der Waals surface area (Å²) < 4.78 is 1.59. The molecule has 0 atom stereocenters. The molecule has 2 aliphatic heterocycles. The number of hydrogen-bond donors (Lipinski definition) is 0. The molecular weight excluding hydrogens is 384 g/mol. The average molecular weight is 411 g/mol. The summed E-state index contributed by atoms with van der Waals surface area (Å²) in [4.78, 5) is 21.6. The van der Waals surface area contributed by atoms with Gasteiger partial charge in [0.15, 0.2) is 5.01 Å². The van der Waals surface area contributed by atoms with E-state index in [0.29, 0.717) is 5.65 Å². The zero-order valence-electron chi connectivity index (χ0n) is 16.8. The third kappa shape index (κ3) is 3.67. The number of aryl methyl sites for hydroxylation is 1. The Kier molecular flexibility index (Phi) is 5.05. The highest BCUT2D eigenvalue weighted by molar-refractivity contribution is 7.18. The first-order valence-corrected chi connectivity index (χ1v) is 11.3. The van der Waals surface area contributed by atoms with Crippen LogP contribution >= 0.6 is 11.3 Å². The summed E-state index contributed by atoms with van der Waals surface area (Å²) in [6, 6.07) is 4.24. The van der Waals surface area contributed by atoms with Gasteiger partial charge in [-0.05, 0) is 57.3 Å². The van der Waals surface area contributed by atoms with Crippen molar-refractivity contribution in [3.8, 4) is 10.6 Å². The maximum Gasteiger partial charge on any atom is 0.257 e. The van der Waals surface area contributed by atoms with E-state index < -0.39 is 0 Å². The Morgan fingerprint density at radius 1 is 1.07 bits per heavy atom. The molecule has 0 aliphatic carbocycles. The van der Waals surface area contributed by atoms with Crippen molar-refractivity contribution in [2.75, 3.05) is 31.1 Å². The number of piperidine rings is 2. The summed E-state index contributed by atoms with van der Waals surface area (Å²) in [6.07, 6.45) is 9.87. The summed E-state index contributed by atoms with van der Waals surface area (Å²) >= 11 is 1.61. The lowest BCUT2D eigenvalue weighted by Crippen LogP contribution is -2.46. The van der Waals surface area contributed by atoms with Crippen LogP contribution in [-0.2, 0) is 0 Å². The van der Waals surface area contributed by atoms with Gasteiger partial charge >= 0.3 is 0 Å². The van der Waals surface area contributed by atoms with E-state index in [1.54, 1.807) is 21.9 Å². The predicted molar refractivity (Wildman–Crippen MR) is 116 cm³/mol. The zero-order valence-corrected chi connectivity index (χ0v) is 17.6. The second kappa shape index (κ2) is 7.84. The van der Waals surface area contributed by atoms with Gasteiger partial charge in [0.05, 0.1) is 0 Å². The summed E-state index contributed by atoms with van der Waals surface area (Å²) in [5, 5.41) is 10.7. The van der Waals surface area contributed by atoms with Crippen LogP contribution in [0.25, 0.3) is 16.2 Å². The van der Waals surface area contributed by atoms with Crippen molar-refractivity contribution in [3.63, 3.8) is 0 Å². The number of fused-ring (bicyclic) bond motifs is 1. The van der Waals surface area contributed by atoms with Crippen molar-refractivity contribution in [1.82, 2.24) is 24.5 Å². The first kappa shape index (κ1) is 18.7. The minimum Gasteiger partial charge on any atom is -0.347 e. The zero-order chi connectivity index (χ0) is 19.8. The Morgan fingerprint density at radius 2 is 1.86 bits per heavy atom. The Hall–Kier alpha value is -2.32. The van der Waals surface area contributed by atoms with Crippen LogP contribution in [0.5, 0.6) is 0 Å². The fourth-order valence-electron chi connectivity index (χ4n) is 4.59. The molecular formula is C21H26N6OS. The maximum atomic E-state index is 12.2. The van der Waals surface area contributed by atoms with E-state index in [1.165, 1.54) is 51.3 Å². The van der Waals surface area contributed by atoms with Crippen molar-refractivity contribution in [3.05, 3.63) is 40.4 Å². The molecule has 0 radical (unpaired) electrons. The van der Waals surface area contributed by atoms with Crippen LogP contribution in [0.15, 0.2) is 29.3 Å². The quantitative estimate of drug-likeness (QED) is 0.661. The summed E-state index contributed by atoms with van der Waals surface area (Å²) in [5.74, 6) is 0. The normalized spacial score (nSPS) is 19.1. The van der Waals surface area contributed by atoms with Crippen molar-refractivity contribution in [2.45, 2.75) is 45.1 Å². The first-order valence-electron chi connectivity index (χ1n) is 10.5. The highest BCUT2D eigenvalue weighted by Gasteiger charge is 2.27. The van der Waals surface area contributed by atoms with E-state index >= 15 is 0 Å². The van der Waals surface area contributed by atoms with E-state index in [-0.39, 0.29) is 5.56 Å². The Morgan fingerprint density at radius 3 is 2.66 bits per heavy atom. The highest BCUT2D eigenvalue weighted by atomic mass is 32.1. The van der Waals surface area contributed by atoms with Crippen LogP contribution in [0.4, 0.5) is 5.13 Å². The van der Waals surface area contributed by atoms with Gasteiger partial charge in [-0.3, -0.25) is 9.20 Å². The molecule has 3 aromatic rings. The van der Waals surface area contributed by atoms with Crippen LogP contribution in [0.2, 0.25) is 0 Å². The molecule has 29 heavy (non-hydrogen) atoms. The number of nitrogens with zero attached hydrogens (tertiary/aromatic N) is 6. The SMILES string of the molecule is Cc1cc(-c2nnc(N3CCC(N4CCCCC4)CC3)s2)cn2c(=O)ccnc12. The molecule has 0 aromatic carbocycles. The lowest BCUT2D eigenvalue weighted by molar-refractivity contribution is 0.141. The van der Waals surface area contributed by atoms with Gasteiger partial charge < -0.3 is 9.80 Å². The molecule has 152 valence electrons. The van der Waals surface area contributed by atoms with Crippen molar-refractivity contribution >= 4 is 22.1 Å². The Balaban J connectivity index is 1.33. The van der Waals surface area contributed by atoms with Gasteiger partial charge in [0.25, 0.3) is 5.56 Å². The van der Waals surface area contributed by atoms with E-state index in [2.05, 4.69) is 25.0 Å². The standard InChI is InChI=1S/C21H26N6OS/c1-15-13-16(14-27-18(28)5-8-22-19(15)27)20-23-24-21(29-20)26-11-6-17(7-12-26)25-9-3-2-4-10-25/h5,8,13-14,17H,2-4,6-7,9-12H2,1H3. The minimum atomic E-state index is -0.0792. The van der Waals surface area contributed by atoms with Gasteiger partial charge in [0.2, 0.25) is 5.13 Å². The van der Waals surface area contributed by atoms with Crippen LogP contribution < -0.4 is 10.5 Å². The van der Waals surface area contributed by atoms with E-state index in [4.69, 9.17) is 0 Å². The number of rotatable bonds is 3. The van der Waals surface area contributed by atoms with Crippen LogP contribution in [0, 0.1) is 6.92 Å². The molecule has 0 amide bonds. The first-order chi connectivity index (χ1) is 14.2. The molecule has 2 fully saturated rings. The van der Waals surface area contributed by atoms with Crippen molar-refractivity contribution in [2.24, 2.45) is 0 Å². The number of aromatic nitrogens is 4. The summed E-state index contributed by atoms with van der Waals surface area (Å²) in [5.41, 5.74) is 2.48. The number of hydrogen-bond acceptors (Lipinski definition) is 7. The van der Waals surface area contributed by atoms with Crippen LogP contribution in [0.3, 0.4) is 0 Å². The van der Waals surface area contributed by atoms with Crippen molar-refractivity contribution in [1.29, 1.82) is 0 Å². The molecule has 8 heteroatoms. The Labute approximate surface area is 174 Å². The molecule has 2 saturated heterocycles. The molecule has 5 heterocycles. The van der Waals surface area contributed by atoms with Gasteiger partial charge in [-0.25, -0.2) is 4.98 Å². The monoisotopic (exact) mass is 410 g/mol. The molecule has 3 aromatic heterocycles. The average Bonchev–Trinajstić information content (AvgIpc) is 3.25. The number of likely N-dealkylation sites (tertiary alicyclic amines) is 1. The van der Waals surface area contributed by atoms with E-state index in [0.717, 1.165) is 40.4 Å². The molecule has 7 nitrogen and oxygen atoms in total. The van der Waals surface area contributed by atoms with Gasteiger partial charge in [-0.1, -0.05) is 17.8 Å². The second-order valence-corrected chi connectivity index (χ2v) is 9.05. The lowest BCUT2D eigenvalue weighted by Gasteiger charge is -2.40. The van der Waals surface area contributed by atoms with Gasteiger partial charge in [0, 0.05) is 43.2 Å². The molecule has 0 spiro atoms. The van der Waals surface area contributed by atoms with E-state index in [1.807, 2.05) is 19.2 Å². The van der Waals surface area contributed by atoms with Crippen LogP contribution in [0.1, 0.15) is 37.7 Å². The summed E-state index contributed by atoms with van der Waals surface area (Å²) in [6.45, 7) is 6.58. The molecule has 0 N–H and O–H groups in total. The third-order valence-corrected chi connectivity index (χ3v) is 7.21. The summed E-state index contributed by atoms with van der Waals surface area (Å²) in [7, 11) is 0. The van der Waals surface area contributed by atoms with Crippen LogP contribution in [-0.4, -0.2) is 56.7 Å². The molecule has 5 rings (SSSR count). The molecule has 0 bridgehead atoms. The number of anilines is 1.